The van der Waals surface area contributed by atoms with E-state index in [2.05, 4.69) is 26.1 Å². The Kier molecular flexibility index (Phi) is 5.78. The Morgan fingerprint density at radius 1 is 1.38 bits per heavy atom. The van der Waals surface area contributed by atoms with Crippen LogP contribution in [0.5, 0.6) is 5.75 Å². The Hall–Kier alpha value is -1.55. The van der Waals surface area contributed by atoms with Gasteiger partial charge in [0.05, 0.1) is 18.8 Å². The lowest BCUT2D eigenvalue weighted by atomic mass is 9.86. The standard InChI is InChI=1S/C17H28N2O2/c1-7-11(2)15(18)16(20)19-13-10-12(17(3,4)5)8-9-14(13)21-6/h8-11,15H,7,18H2,1-6H3,(H,19,20)/t11?,15-/m0/s1. The van der Waals surface area contributed by atoms with Gasteiger partial charge in [-0.2, -0.15) is 0 Å². The number of nitrogens with two attached hydrogens (primary N) is 1. The molecule has 0 spiro atoms. The summed E-state index contributed by atoms with van der Waals surface area (Å²) in [5, 5.41) is 2.90. The number of rotatable bonds is 5. The number of ether oxygens (including phenoxy) is 1. The molecule has 0 radical (unpaired) electrons. The maximum atomic E-state index is 12.3. The van der Waals surface area contributed by atoms with E-state index in [4.69, 9.17) is 10.5 Å². The molecule has 0 aliphatic carbocycles. The fourth-order valence-electron chi connectivity index (χ4n) is 2.00. The number of hydrogen-bond donors (Lipinski definition) is 2. The Labute approximate surface area is 128 Å². The van der Waals surface area contributed by atoms with Gasteiger partial charge < -0.3 is 15.8 Å². The van der Waals surface area contributed by atoms with Crippen molar-refractivity contribution in [3.63, 3.8) is 0 Å². The molecule has 4 heteroatoms. The van der Waals surface area contributed by atoms with E-state index in [0.29, 0.717) is 11.4 Å². The third kappa shape index (κ3) is 4.46. The van der Waals surface area contributed by atoms with E-state index in [1.807, 2.05) is 32.0 Å². The number of hydrogen-bond acceptors (Lipinski definition) is 3. The summed E-state index contributed by atoms with van der Waals surface area (Å²) in [5.74, 6) is 0.614. The molecule has 0 heterocycles. The lowest BCUT2D eigenvalue weighted by Gasteiger charge is -2.22. The fraction of sp³-hybridized carbons (Fsp3) is 0.588. The zero-order valence-corrected chi connectivity index (χ0v) is 14.0. The summed E-state index contributed by atoms with van der Waals surface area (Å²) >= 11 is 0. The quantitative estimate of drug-likeness (QED) is 0.875. The second-order valence-electron chi connectivity index (χ2n) is 6.57. The molecule has 0 aliphatic rings. The third-order valence-electron chi connectivity index (χ3n) is 3.88. The Bertz CT molecular complexity index is 492. The van der Waals surface area contributed by atoms with Crippen LogP contribution in [0, 0.1) is 5.92 Å². The zero-order chi connectivity index (χ0) is 16.2. The number of carbonyl (C=O) groups excluding carboxylic acids is 1. The van der Waals surface area contributed by atoms with Gasteiger partial charge in [0, 0.05) is 0 Å². The molecule has 0 fully saturated rings. The maximum absolute atomic E-state index is 12.3. The number of benzene rings is 1. The number of carbonyl (C=O) groups is 1. The van der Waals surface area contributed by atoms with Crippen molar-refractivity contribution in [2.75, 3.05) is 12.4 Å². The molecule has 0 aromatic heterocycles. The van der Waals surface area contributed by atoms with Crippen LogP contribution in [0.2, 0.25) is 0 Å². The molecule has 1 rings (SSSR count). The van der Waals surface area contributed by atoms with Gasteiger partial charge >= 0.3 is 0 Å². The number of methoxy groups -OCH3 is 1. The highest BCUT2D eigenvalue weighted by Gasteiger charge is 2.22. The first-order chi connectivity index (χ1) is 9.70. The van der Waals surface area contributed by atoms with E-state index in [-0.39, 0.29) is 17.2 Å². The van der Waals surface area contributed by atoms with E-state index in [9.17, 15) is 4.79 Å². The molecule has 0 bridgehead atoms. The van der Waals surface area contributed by atoms with Crippen LogP contribution < -0.4 is 15.8 Å². The van der Waals surface area contributed by atoms with Crippen molar-refractivity contribution >= 4 is 11.6 Å². The van der Waals surface area contributed by atoms with E-state index < -0.39 is 6.04 Å². The van der Waals surface area contributed by atoms with Crippen LogP contribution in [-0.4, -0.2) is 19.1 Å². The molecule has 1 aromatic carbocycles. The van der Waals surface area contributed by atoms with Crippen molar-refractivity contribution in [1.29, 1.82) is 0 Å². The molecule has 4 nitrogen and oxygen atoms in total. The van der Waals surface area contributed by atoms with Crippen molar-refractivity contribution in [1.82, 2.24) is 0 Å². The smallest absolute Gasteiger partial charge is 0.241 e. The van der Waals surface area contributed by atoms with Gasteiger partial charge in [0.15, 0.2) is 0 Å². The topological polar surface area (TPSA) is 64.4 Å². The number of nitrogens with one attached hydrogen (secondary N) is 1. The van der Waals surface area contributed by atoms with Gasteiger partial charge in [0.2, 0.25) is 5.91 Å². The normalized spacial score (nSPS) is 14.4. The van der Waals surface area contributed by atoms with E-state index in [0.717, 1.165) is 12.0 Å². The first kappa shape index (κ1) is 17.5. The van der Waals surface area contributed by atoms with E-state index in [1.165, 1.54) is 0 Å². The molecular weight excluding hydrogens is 264 g/mol. The van der Waals surface area contributed by atoms with Gasteiger partial charge in [-0.25, -0.2) is 0 Å². The minimum atomic E-state index is -0.516. The second kappa shape index (κ2) is 6.94. The van der Waals surface area contributed by atoms with Gasteiger partial charge in [-0.1, -0.05) is 47.1 Å². The largest absolute Gasteiger partial charge is 0.495 e. The minimum Gasteiger partial charge on any atom is -0.495 e. The summed E-state index contributed by atoms with van der Waals surface area (Å²) in [4.78, 5) is 12.3. The Morgan fingerprint density at radius 2 is 2.00 bits per heavy atom. The summed E-state index contributed by atoms with van der Waals surface area (Å²) in [6, 6.07) is 5.34. The molecule has 1 aromatic rings. The highest BCUT2D eigenvalue weighted by Crippen LogP contribution is 2.31. The van der Waals surface area contributed by atoms with Crippen molar-refractivity contribution in [2.24, 2.45) is 11.7 Å². The third-order valence-corrected chi connectivity index (χ3v) is 3.88. The fourth-order valence-corrected chi connectivity index (χ4v) is 2.00. The molecule has 0 saturated heterocycles. The highest BCUT2D eigenvalue weighted by atomic mass is 16.5. The van der Waals surface area contributed by atoms with E-state index in [1.54, 1.807) is 7.11 Å². The van der Waals surface area contributed by atoms with Gasteiger partial charge in [-0.05, 0) is 29.0 Å². The molecular formula is C17H28N2O2. The molecule has 1 unspecified atom stereocenters. The summed E-state index contributed by atoms with van der Waals surface area (Å²) in [6.07, 6.45) is 0.869. The van der Waals surface area contributed by atoms with Gasteiger partial charge in [0.1, 0.15) is 5.75 Å². The van der Waals surface area contributed by atoms with Gasteiger partial charge in [-0.15, -0.1) is 0 Å². The summed E-state index contributed by atoms with van der Waals surface area (Å²) in [7, 11) is 1.59. The first-order valence-corrected chi connectivity index (χ1v) is 7.45. The lowest BCUT2D eigenvalue weighted by Crippen LogP contribution is -2.40. The second-order valence-corrected chi connectivity index (χ2v) is 6.57. The predicted molar refractivity (Wildman–Crippen MR) is 87.8 cm³/mol. The zero-order valence-electron chi connectivity index (χ0n) is 14.0. The van der Waals surface area contributed by atoms with Crippen LogP contribution in [0.1, 0.15) is 46.6 Å². The van der Waals surface area contributed by atoms with Crippen LogP contribution in [0.25, 0.3) is 0 Å². The number of amides is 1. The monoisotopic (exact) mass is 292 g/mol. The molecule has 1 amide bonds. The average Bonchev–Trinajstić information content (AvgIpc) is 2.44. The molecule has 21 heavy (non-hydrogen) atoms. The number of anilines is 1. The van der Waals surface area contributed by atoms with Crippen LogP contribution >= 0.6 is 0 Å². The van der Waals surface area contributed by atoms with Crippen LogP contribution in [0.3, 0.4) is 0 Å². The molecule has 2 atom stereocenters. The summed E-state index contributed by atoms with van der Waals surface area (Å²) < 4.78 is 5.32. The summed E-state index contributed by atoms with van der Waals surface area (Å²) in [5.41, 5.74) is 7.80. The maximum Gasteiger partial charge on any atom is 0.241 e. The van der Waals surface area contributed by atoms with Crippen LogP contribution in [0.4, 0.5) is 5.69 Å². The Morgan fingerprint density at radius 3 is 2.48 bits per heavy atom. The van der Waals surface area contributed by atoms with Gasteiger partial charge in [-0.3, -0.25) is 4.79 Å². The van der Waals surface area contributed by atoms with Crippen molar-refractivity contribution in [3.8, 4) is 5.75 Å². The van der Waals surface area contributed by atoms with Crippen molar-refractivity contribution in [3.05, 3.63) is 23.8 Å². The molecule has 0 aliphatic heterocycles. The SMILES string of the molecule is CCC(C)[C@H](N)C(=O)Nc1cc(C(C)(C)C)ccc1OC. The highest BCUT2D eigenvalue weighted by molar-refractivity contribution is 5.96. The first-order valence-electron chi connectivity index (χ1n) is 7.45. The molecule has 118 valence electrons. The van der Waals surface area contributed by atoms with Crippen LogP contribution in [0.15, 0.2) is 18.2 Å². The minimum absolute atomic E-state index is 0.00454. The van der Waals surface area contributed by atoms with E-state index >= 15 is 0 Å². The Balaban J connectivity index is 3.03. The van der Waals surface area contributed by atoms with Crippen molar-refractivity contribution in [2.45, 2.75) is 52.5 Å². The molecule has 0 saturated carbocycles. The van der Waals surface area contributed by atoms with Gasteiger partial charge in [0.25, 0.3) is 0 Å². The lowest BCUT2D eigenvalue weighted by molar-refractivity contribution is -0.118. The molecule has 3 N–H and O–H groups in total. The predicted octanol–water partition coefficient (Wildman–Crippen LogP) is 3.30. The average molecular weight is 292 g/mol. The van der Waals surface area contributed by atoms with Crippen molar-refractivity contribution < 1.29 is 9.53 Å². The summed E-state index contributed by atoms with van der Waals surface area (Å²) in [6.45, 7) is 10.4. The van der Waals surface area contributed by atoms with Crippen LogP contribution in [-0.2, 0) is 10.2 Å².